The number of carbonyl (C=O) groups excluding carboxylic acids is 1. The number of halogens is 3. The number of ketones is 1. The van der Waals surface area contributed by atoms with Crippen LogP contribution in [0.25, 0.3) is 76.1 Å². The van der Waals surface area contributed by atoms with Crippen molar-refractivity contribution in [1.29, 1.82) is 0 Å². The fraction of sp³-hybridized carbons (Fsp3) is 0.355. The average molecular weight is 1340 g/mol. The number of alkyl halides is 3. The first-order chi connectivity index (χ1) is 39.6. The molecule has 0 atom stereocenters. The summed E-state index contributed by atoms with van der Waals surface area (Å²) in [7, 11) is 0. The van der Waals surface area contributed by atoms with Crippen LogP contribution in [0.3, 0.4) is 0 Å². The molecule has 0 aliphatic rings. The van der Waals surface area contributed by atoms with Gasteiger partial charge in [-0.2, -0.15) is 13.2 Å². The third-order valence-electron chi connectivity index (χ3n) is 15.8. The molecule has 3 aromatic heterocycles. The van der Waals surface area contributed by atoms with Crippen molar-refractivity contribution in [2.75, 3.05) is 0 Å². The molecule has 449 valence electrons. The van der Waals surface area contributed by atoms with E-state index in [2.05, 4.69) is 176 Å². The fourth-order valence-corrected chi connectivity index (χ4v) is 12.1. The van der Waals surface area contributed by atoms with E-state index in [1.807, 2.05) is 76.5 Å². The van der Waals surface area contributed by atoms with Crippen molar-refractivity contribution < 1.29 is 43.2 Å². The average Bonchev–Trinajstić information content (AvgIpc) is 2.03. The first-order valence-electron chi connectivity index (χ1n) is 29.7. The summed E-state index contributed by atoms with van der Waals surface area (Å²) in [6.07, 6.45) is 5.44. The van der Waals surface area contributed by atoms with Gasteiger partial charge in [0.25, 0.3) is 0 Å². The minimum absolute atomic E-state index is 0. The van der Waals surface area contributed by atoms with E-state index in [1.165, 1.54) is 64.3 Å². The number of carbonyl (C=O) groups is 1. The smallest absolute Gasteiger partial charge is 0.394 e. The summed E-state index contributed by atoms with van der Waals surface area (Å²) in [5.74, 6) is 0.547. The molecule has 0 spiro atoms. The second-order valence-electron chi connectivity index (χ2n) is 25.4. The van der Waals surface area contributed by atoms with E-state index >= 15 is 0 Å². The van der Waals surface area contributed by atoms with Gasteiger partial charge in [-0.05, 0) is 124 Å². The van der Waals surface area contributed by atoms with E-state index in [1.54, 1.807) is 11.3 Å². The molecule has 0 unspecified atom stereocenters. The number of rotatable bonds is 15. The van der Waals surface area contributed by atoms with Crippen LogP contribution in [0.5, 0.6) is 0 Å². The molecule has 85 heavy (non-hydrogen) atoms. The fourth-order valence-electron chi connectivity index (χ4n) is 10.8. The molecule has 0 saturated heterocycles. The zero-order valence-electron chi connectivity index (χ0n) is 52.5. The molecule has 1 radical (unpaired) electrons. The van der Waals surface area contributed by atoms with E-state index in [9.17, 15) is 23.1 Å². The van der Waals surface area contributed by atoms with Crippen molar-refractivity contribution in [3.8, 4) is 55.2 Å². The van der Waals surface area contributed by atoms with Crippen molar-refractivity contribution >= 4 is 38.0 Å². The number of aryl methyl sites for hydroxylation is 3. The molecule has 0 saturated carbocycles. The molecule has 0 fully saturated rings. The van der Waals surface area contributed by atoms with E-state index in [-0.39, 0.29) is 55.3 Å². The van der Waals surface area contributed by atoms with Crippen LogP contribution in [0.2, 0.25) is 0 Å². The molecule has 0 aliphatic carbocycles. The Morgan fingerprint density at radius 1 is 0.600 bits per heavy atom. The predicted molar refractivity (Wildman–Crippen MR) is 350 cm³/mol. The Bertz CT molecular complexity index is 3680. The summed E-state index contributed by atoms with van der Waals surface area (Å²) < 4.78 is 41.2. The molecule has 6 aromatic carbocycles. The van der Waals surface area contributed by atoms with Gasteiger partial charge in [0, 0.05) is 65.7 Å². The number of hydrogen-bond donors (Lipinski definition) is 1. The summed E-state index contributed by atoms with van der Waals surface area (Å²) in [6, 6.07) is 53.4. The topological polar surface area (TPSA) is 63.1 Å². The van der Waals surface area contributed by atoms with Gasteiger partial charge in [-0.3, -0.25) is 9.78 Å². The first-order valence-corrected chi connectivity index (χ1v) is 30.6. The van der Waals surface area contributed by atoms with Crippen molar-refractivity contribution in [3.05, 3.63) is 203 Å². The maximum absolute atomic E-state index is 13.4. The molecular formula is C76H85F3IrN2O2S-2. The van der Waals surface area contributed by atoms with Crippen molar-refractivity contribution in [2.24, 2.45) is 22.7 Å². The van der Waals surface area contributed by atoms with Crippen LogP contribution in [-0.2, 0) is 43.2 Å². The summed E-state index contributed by atoms with van der Waals surface area (Å²) in [5, 5.41) is 13.2. The van der Waals surface area contributed by atoms with Crippen LogP contribution in [0, 0.1) is 55.6 Å². The summed E-state index contributed by atoms with van der Waals surface area (Å²) in [5.41, 5.74) is 15.1. The minimum atomic E-state index is -4.25. The van der Waals surface area contributed by atoms with Gasteiger partial charge in [0.15, 0.2) is 5.78 Å². The van der Waals surface area contributed by atoms with Crippen molar-refractivity contribution in [2.45, 2.75) is 154 Å². The number of thiophene rings is 1. The maximum atomic E-state index is 13.4. The van der Waals surface area contributed by atoms with Gasteiger partial charge in [-0.15, -0.1) is 75.4 Å². The Balaban J connectivity index is 0.000000222. The normalized spacial score (nSPS) is 12.2. The third kappa shape index (κ3) is 17.4. The zero-order valence-corrected chi connectivity index (χ0v) is 55.7. The van der Waals surface area contributed by atoms with Gasteiger partial charge in [0.2, 0.25) is 0 Å². The summed E-state index contributed by atoms with van der Waals surface area (Å²) in [4.78, 5) is 22.2. The second-order valence-corrected chi connectivity index (χ2v) is 26.5. The zero-order chi connectivity index (χ0) is 61.3. The van der Waals surface area contributed by atoms with Crippen LogP contribution in [0.4, 0.5) is 13.2 Å². The molecule has 9 aromatic rings. The Hall–Kier alpha value is -6.51. The van der Waals surface area contributed by atoms with E-state index in [0.29, 0.717) is 11.0 Å². The quantitative estimate of drug-likeness (QED) is 0.0631. The Morgan fingerprint density at radius 2 is 1.14 bits per heavy atom. The molecule has 0 amide bonds. The third-order valence-corrected chi connectivity index (χ3v) is 17.2. The largest absolute Gasteiger partial charge is 0.512 e. The molecule has 9 rings (SSSR count). The van der Waals surface area contributed by atoms with Gasteiger partial charge < -0.3 is 10.1 Å². The van der Waals surface area contributed by atoms with Crippen LogP contribution < -0.4 is 0 Å². The monoisotopic (exact) mass is 1340 g/mol. The number of aliphatic hydroxyl groups excluding tert-OH is 1. The minimum Gasteiger partial charge on any atom is -0.512 e. The van der Waals surface area contributed by atoms with Crippen LogP contribution in [0.1, 0.15) is 142 Å². The Morgan fingerprint density at radius 3 is 1.69 bits per heavy atom. The summed E-state index contributed by atoms with van der Waals surface area (Å²) in [6.45, 7) is 30.4. The van der Waals surface area contributed by atoms with Gasteiger partial charge >= 0.3 is 6.18 Å². The van der Waals surface area contributed by atoms with E-state index in [4.69, 9.17) is 4.98 Å². The predicted octanol–water partition coefficient (Wildman–Crippen LogP) is 22.3. The number of pyridine rings is 2. The molecule has 9 heteroatoms. The van der Waals surface area contributed by atoms with Gasteiger partial charge in [0.1, 0.15) is 0 Å². The maximum Gasteiger partial charge on any atom is 0.394 e. The van der Waals surface area contributed by atoms with E-state index in [0.717, 1.165) is 91.7 Å². The van der Waals surface area contributed by atoms with Crippen molar-refractivity contribution in [3.63, 3.8) is 0 Å². The van der Waals surface area contributed by atoms with Crippen molar-refractivity contribution in [1.82, 2.24) is 9.97 Å². The summed E-state index contributed by atoms with van der Waals surface area (Å²) >= 11 is 1.68. The number of aliphatic hydroxyl groups is 1. The number of hydrogen-bond acceptors (Lipinski definition) is 5. The van der Waals surface area contributed by atoms with Gasteiger partial charge in [0.05, 0.1) is 11.2 Å². The number of allylic oxidation sites excluding steroid dienone is 2. The van der Waals surface area contributed by atoms with Gasteiger partial charge in [-0.25, -0.2) is 0 Å². The molecule has 3 heterocycles. The number of fused-ring (bicyclic) bond motifs is 2. The molecular weight excluding hydrogens is 1250 g/mol. The second kappa shape index (κ2) is 28.8. The number of aromatic nitrogens is 2. The Kier molecular flexibility index (Phi) is 22.9. The van der Waals surface area contributed by atoms with Gasteiger partial charge in [-0.1, -0.05) is 205 Å². The SMILES string of the molecule is CCC(CC)C(=O)/C=C(\O)C(CC)CC.Cc1[c-]c(-c2cc(-c3ccc(-c4ccc(CC(C)(C)C)cc4)cc3)ccn2)cc(C)c1.Cc1c(-c2ccc(CC(C)(C)C(F)(F)F)cc2)sc2c(-c3[c-]c4ccccc4c(C(C)(C)C)c3)nccc12.[Ir]. The van der Waals surface area contributed by atoms with Crippen LogP contribution >= 0.6 is 11.3 Å². The molecule has 1 N–H and O–H groups in total. The standard InChI is InChI=1S/C33H31F3NS.C30H30N.C13H24O2.Ir/c1-20-25-15-16-37-28(24-17-23-9-7-8-10-26(23)27(18-24)31(2,3)4)30(25)38-29(20)22-13-11-21(12-14-22)19-32(5,6)33(34,35)36;1-21-16-22(2)18-28(17-21)29-19-27(14-15-31-29)26-12-10-25(11-13-26)24-8-6-23(7-9-24)20-30(3,4)5;1-5-10(6-2)12(14)9-13(15)11(7-3)8-4;/h7-16,18H,19H2,1-6H3;6-17,19H,20H2,1-5H3;9-11,14H,5-8H2,1-4H3;/q2*-1;;/b;;12-9-;. The number of benzene rings is 6. The molecule has 4 nitrogen and oxygen atoms in total. The molecule has 0 aliphatic heterocycles. The van der Waals surface area contributed by atoms with Crippen LogP contribution in [0.15, 0.2) is 158 Å². The van der Waals surface area contributed by atoms with Crippen LogP contribution in [-0.4, -0.2) is 27.0 Å². The molecule has 0 bridgehead atoms. The number of nitrogens with zero attached hydrogens (tertiary/aromatic N) is 2. The Labute approximate surface area is 522 Å². The van der Waals surface area contributed by atoms with E-state index < -0.39 is 11.6 Å². The first kappa shape index (κ1) is 67.6.